The molecule has 1 heterocycles. The van der Waals surface area contributed by atoms with Gasteiger partial charge in [0.1, 0.15) is 0 Å². The van der Waals surface area contributed by atoms with Crippen molar-refractivity contribution in [1.29, 1.82) is 0 Å². The van der Waals surface area contributed by atoms with Gasteiger partial charge in [0, 0.05) is 5.75 Å². The molecule has 0 bridgehead atoms. The molecule has 1 fully saturated rings. The Kier molecular flexibility index (Phi) is 7.36. The third-order valence-electron chi connectivity index (χ3n) is 2.16. The van der Waals surface area contributed by atoms with Gasteiger partial charge in [-0.15, -0.1) is 11.8 Å². The first-order valence-corrected chi connectivity index (χ1v) is 10.1. The second-order valence-electron chi connectivity index (χ2n) is 3.76. The molecule has 0 saturated carbocycles. The van der Waals surface area contributed by atoms with Crippen LogP contribution < -0.4 is 9.67 Å². The number of hydrogen-bond acceptors (Lipinski definition) is 6. The Labute approximate surface area is 123 Å². The second-order valence-corrected chi connectivity index (χ2v) is 8.43. The zero-order valence-corrected chi connectivity index (χ0v) is 13.5. The number of benzene rings is 1. The summed E-state index contributed by atoms with van der Waals surface area (Å²) < 4.78 is 28.7. The van der Waals surface area contributed by atoms with E-state index in [1.54, 1.807) is 0 Å². The van der Waals surface area contributed by atoms with E-state index in [1.165, 1.54) is 36.9 Å². The van der Waals surface area contributed by atoms with Crippen molar-refractivity contribution in [3.05, 3.63) is 24.3 Å². The molecule has 0 spiro atoms. The summed E-state index contributed by atoms with van der Waals surface area (Å²) in [6.07, 6.45) is 0. The van der Waals surface area contributed by atoms with Crippen molar-refractivity contribution in [2.75, 3.05) is 23.6 Å². The molecule has 1 aliphatic rings. The number of ether oxygens (including phenoxy) is 1. The number of thioether (sulfide) groups is 1. The molecule has 1 atom stereocenters. The fourth-order valence-corrected chi connectivity index (χ4v) is 3.17. The van der Waals surface area contributed by atoms with E-state index in [4.69, 9.17) is 14.1 Å². The maximum absolute atomic E-state index is 11.2. The van der Waals surface area contributed by atoms with Crippen LogP contribution >= 0.6 is 11.8 Å². The van der Waals surface area contributed by atoms with Crippen molar-refractivity contribution in [2.45, 2.75) is 6.92 Å². The van der Waals surface area contributed by atoms with Crippen LogP contribution in [0.25, 0.3) is 0 Å². The standard InChI is InChI=1S/C8H10AsNO5.C3H6OS/c1-6(11)10-8-4-2-7(3-5-8)9(12,13)15-14;1-2-5-3-4-1/h2-5,14H,1H3,(H,10,11)(H,12,13);1-3H2. The van der Waals surface area contributed by atoms with Crippen LogP contribution in [0.1, 0.15) is 6.92 Å². The Morgan fingerprint density at radius 1 is 1.45 bits per heavy atom. The Morgan fingerprint density at radius 3 is 2.45 bits per heavy atom. The fourth-order valence-electron chi connectivity index (χ4n) is 1.28. The van der Waals surface area contributed by atoms with Gasteiger partial charge in [-0.25, -0.2) is 0 Å². The van der Waals surface area contributed by atoms with E-state index in [-0.39, 0.29) is 10.3 Å². The second kappa shape index (κ2) is 8.51. The summed E-state index contributed by atoms with van der Waals surface area (Å²) in [6.45, 7) is 2.32. The van der Waals surface area contributed by atoms with E-state index in [2.05, 4.69) is 9.19 Å². The maximum atomic E-state index is 11.2. The number of carbonyl (C=O) groups excluding carboxylic acids is 1. The van der Waals surface area contributed by atoms with Gasteiger partial charge in [0.2, 0.25) is 0 Å². The van der Waals surface area contributed by atoms with E-state index in [9.17, 15) is 8.53 Å². The van der Waals surface area contributed by atoms with Gasteiger partial charge in [0.15, 0.2) is 0 Å². The predicted octanol–water partition coefficient (Wildman–Crippen LogP) is 0.411. The summed E-state index contributed by atoms with van der Waals surface area (Å²) in [5.41, 5.74) is 0.500. The van der Waals surface area contributed by atoms with Crippen LogP contribution in [0, 0.1) is 0 Å². The minimum atomic E-state index is -4.76. The number of rotatable bonds is 3. The Morgan fingerprint density at radius 2 is 2.10 bits per heavy atom. The van der Waals surface area contributed by atoms with E-state index >= 15 is 0 Å². The van der Waals surface area contributed by atoms with Gasteiger partial charge >= 0.3 is 88.4 Å². The van der Waals surface area contributed by atoms with Gasteiger partial charge < -0.3 is 4.74 Å². The van der Waals surface area contributed by atoms with Crippen LogP contribution in [-0.2, 0) is 17.1 Å². The van der Waals surface area contributed by atoms with Crippen LogP contribution in [0.4, 0.5) is 5.69 Å². The Bertz CT molecular complexity index is 469. The monoisotopic (exact) mass is 365 g/mol. The van der Waals surface area contributed by atoms with Crippen molar-refractivity contribution in [3.8, 4) is 0 Å². The van der Waals surface area contributed by atoms with Crippen LogP contribution in [0.2, 0.25) is 0 Å². The molecular formula is C11H16AsNO6S. The third kappa shape index (κ3) is 6.13. The fraction of sp³-hybridized carbons (Fsp3) is 0.364. The van der Waals surface area contributed by atoms with Crippen molar-refractivity contribution >= 4 is 41.9 Å². The number of hydrogen-bond donors (Lipinski definition) is 3. The van der Waals surface area contributed by atoms with Crippen molar-refractivity contribution in [1.82, 2.24) is 0 Å². The van der Waals surface area contributed by atoms with Crippen molar-refractivity contribution < 1.29 is 26.5 Å². The molecule has 1 aromatic rings. The molecule has 1 aromatic carbocycles. The number of nitrogens with one attached hydrogen (secondary N) is 1. The molecule has 0 aromatic heterocycles. The number of amides is 1. The molecule has 112 valence electrons. The molecule has 0 aliphatic carbocycles. The topological polar surface area (TPSA) is 105 Å². The zero-order valence-electron chi connectivity index (χ0n) is 10.8. The van der Waals surface area contributed by atoms with Crippen molar-refractivity contribution in [2.24, 2.45) is 0 Å². The average Bonchev–Trinajstić information content (AvgIpc) is 2.98. The normalized spacial score (nSPS) is 16.8. The summed E-state index contributed by atoms with van der Waals surface area (Å²) in [6, 6.07) is 5.50. The first-order valence-electron chi connectivity index (χ1n) is 5.65. The zero-order chi connectivity index (χ0) is 15.0. The molecule has 1 saturated heterocycles. The molecule has 3 N–H and O–H groups in total. The molecule has 2 rings (SSSR count). The molecule has 1 unspecified atom stereocenters. The first kappa shape index (κ1) is 17.3. The van der Waals surface area contributed by atoms with Crippen molar-refractivity contribution in [3.63, 3.8) is 0 Å². The van der Waals surface area contributed by atoms with E-state index < -0.39 is 14.2 Å². The van der Waals surface area contributed by atoms with Crippen LogP contribution in [0.5, 0.6) is 0 Å². The Balaban J connectivity index is 0.000000333. The van der Waals surface area contributed by atoms with Gasteiger partial charge in [-0.3, -0.25) is 0 Å². The van der Waals surface area contributed by atoms with Crippen LogP contribution in [0.3, 0.4) is 0 Å². The molecule has 0 radical (unpaired) electrons. The Hall–Kier alpha value is -0.762. The van der Waals surface area contributed by atoms with Gasteiger partial charge in [-0.1, -0.05) is 0 Å². The molecule has 1 aliphatic heterocycles. The predicted molar refractivity (Wildman–Crippen MR) is 76.0 cm³/mol. The summed E-state index contributed by atoms with van der Waals surface area (Å²) in [5, 5.41) is 10.7. The minimum absolute atomic E-state index is 0.00438. The third-order valence-corrected chi connectivity index (χ3v) is 5.41. The molecular weight excluding hydrogens is 349 g/mol. The quantitative estimate of drug-likeness (QED) is 0.405. The number of anilines is 1. The molecule has 7 nitrogen and oxygen atoms in total. The van der Waals surface area contributed by atoms with Gasteiger partial charge in [0.25, 0.3) is 0 Å². The van der Waals surface area contributed by atoms with E-state index in [1.807, 2.05) is 11.8 Å². The summed E-state index contributed by atoms with van der Waals surface area (Å²) >= 11 is -2.91. The molecule has 1 amide bonds. The van der Waals surface area contributed by atoms with Gasteiger partial charge in [0.05, 0.1) is 12.5 Å². The van der Waals surface area contributed by atoms with Crippen LogP contribution in [0.15, 0.2) is 24.3 Å². The van der Waals surface area contributed by atoms with E-state index in [0.29, 0.717) is 5.69 Å². The van der Waals surface area contributed by atoms with Gasteiger partial charge in [-0.2, -0.15) is 0 Å². The molecule has 9 heteroatoms. The summed E-state index contributed by atoms with van der Waals surface area (Å²) in [4.78, 5) is 10.7. The summed E-state index contributed by atoms with van der Waals surface area (Å²) in [7, 11) is 0. The van der Waals surface area contributed by atoms with Crippen LogP contribution in [-0.4, -0.2) is 47.7 Å². The van der Waals surface area contributed by atoms with Gasteiger partial charge in [-0.05, 0) is 0 Å². The average molecular weight is 365 g/mol. The first-order chi connectivity index (χ1) is 9.45. The number of carbonyl (C=O) groups is 1. The SMILES string of the molecule is C1CSCO1.CC(=O)Nc1ccc([As](=O)(O)OO)cc1. The summed E-state index contributed by atoms with van der Waals surface area (Å²) in [5.74, 6) is 1.87. The van der Waals surface area contributed by atoms with E-state index in [0.717, 1.165) is 12.5 Å². The molecule has 20 heavy (non-hydrogen) atoms.